The highest BCUT2D eigenvalue weighted by atomic mass is 19.1. The molecule has 3 rings (SSSR count). The molecule has 2 atom stereocenters. The first-order valence-electron chi connectivity index (χ1n) is 6.46. The molecule has 1 aliphatic rings. The van der Waals surface area contributed by atoms with Crippen LogP contribution in [0.4, 0.5) is 4.39 Å². The van der Waals surface area contributed by atoms with Gasteiger partial charge in [-0.1, -0.05) is 18.2 Å². The Kier molecular flexibility index (Phi) is 3.32. The summed E-state index contributed by atoms with van der Waals surface area (Å²) >= 11 is 0. The van der Waals surface area contributed by atoms with E-state index in [0.717, 1.165) is 0 Å². The van der Waals surface area contributed by atoms with Crippen molar-refractivity contribution in [3.8, 4) is 11.5 Å². The van der Waals surface area contributed by atoms with Gasteiger partial charge in [0.05, 0.1) is 13.2 Å². The minimum atomic E-state index is -0.696. The molecule has 4 heteroatoms. The van der Waals surface area contributed by atoms with Gasteiger partial charge in [-0.15, -0.1) is 0 Å². The van der Waals surface area contributed by atoms with Crippen molar-refractivity contribution in [3.05, 3.63) is 59.4 Å². The van der Waals surface area contributed by atoms with E-state index in [1.54, 1.807) is 43.5 Å². The minimum absolute atomic E-state index is 0.318. The molecule has 1 unspecified atom stereocenters. The number of aliphatic hydroxyl groups excluding tert-OH is 1. The summed E-state index contributed by atoms with van der Waals surface area (Å²) < 4.78 is 24.8. The van der Waals surface area contributed by atoms with Crippen molar-refractivity contribution in [2.75, 3.05) is 7.11 Å². The quantitative estimate of drug-likeness (QED) is 0.912. The zero-order valence-corrected chi connectivity index (χ0v) is 11.0. The van der Waals surface area contributed by atoms with E-state index in [0.29, 0.717) is 29.0 Å². The van der Waals surface area contributed by atoms with Crippen LogP contribution in [0.3, 0.4) is 0 Å². The molecule has 0 fully saturated rings. The number of hydrogen-bond donors (Lipinski definition) is 1. The fourth-order valence-corrected chi connectivity index (χ4v) is 2.48. The van der Waals surface area contributed by atoms with Crippen LogP contribution in [0.1, 0.15) is 29.8 Å². The lowest BCUT2D eigenvalue weighted by molar-refractivity contribution is 0.0637. The van der Waals surface area contributed by atoms with E-state index in [2.05, 4.69) is 0 Å². The molecule has 3 nitrogen and oxygen atoms in total. The Hall–Kier alpha value is -2.07. The van der Waals surface area contributed by atoms with Gasteiger partial charge in [-0.05, 0) is 24.3 Å². The van der Waals surface area contributed by atoms with Crippen LogP contribution < -0.4 is 9.47 Å². The van der Waals surface area contributed by atoms with Gasteiger partial charge in [0.2, 0.25) is 0 Å². The van der Waals surface area contributed by atoms with Gasteiger partial charge in [0, 0.05) is 17.5 Å². The fourth-order valence-electron chi connectivity index (χ4n) is 2.48. The summed E-state index contributed by atoms with van der Waals surface area (Å²) in [6.07, 6.45) is -0.855. The number of rotatable bonds is 2. The number of ether oxygens (including phenoxy) is 2. The third-order valence-electron chi connectivity index (χ3n) is 3.53. The number of halogens is 1. The second-order valence-corrected chi connectivity index (χ2v) is 4.78. The van der Waals surface area contributed by atoms with Gasteiger partial charge in [-0.25, -0.2) is 4.39 Å². The van der Waals surface area contributed by atoms with Crippen LogP contribution in [0.25, 0.3) is 0 Å². The van der Waals surface area contributed by atoms with Crippen molar-refractivity contribution >= 4 is 0 Å². The van der Waals surface area contributed by atoms with Crippen molar-refractivity contribution < 1.29 is 19.0 Å². The molecule has 0 amide bonds. The topological polar surface area (TPSA) is 38.7 Å². The van der Waals surface area contributed by atoms with Gasteiger partial charge in [0.15, 0.2) is 0 Å². The molecule has 0 bridgehead atoms. The Morgan fingerprint density at radius 3 is 2.75 bits per heavy atom. The maximum absolute atomic E-state index is 13.8. The zero-order valence-electron chi connectivity index (χ0n) is 11.0. The molecular weight excluding hydrogens is 259 g/mol. The molecule has 104 valence electrons. The molecule has 0 spiro atoms. The lowest BCUT2D eigenvalue weighted by Gasteiger charge is -2.30. The second kappa shape index (κ2) is 5.13. The van der Waals surface area contributed by atoms with Crippen LogP contribution in [0.2, 0.25) is 0 Å². The first-order valence-corrected chi connectivity index (χ1v) is 6.46. The molecule has 1 aliphatic heterocycles. The summed E-state index contributed by atoms with van der Waals surface area (Å²) in [7, 11) is 1.57. The van der Waals surface area contributed by atoms with E-state index in [1.807, 2.05) is 0 Å². The van der Waals surface area contributed by atoms with Crippen LogP contribution in [0, 0.1) is 5.82 Å². The SMILES string of the molecule is COc1ccc2c(c1)[C@@H](O)CC(c1ccccc1F)O2. The molecular formula is C16H15FO3. The molecule has 0 radical (unpaired) electrons. The third kappa shape index (κ3) is 2.23. The van der Waals surface area contributed by atoms with Crippen LogP contribution in [0.5, 0.6) is 11.5 Å². The highest BCUT2D eigenvalue weighted by Crippen LogP contribution is 2.42. The Labute approximate surface area is 116 Å². The van der Waals surface area contributed by atoms with Crippen molar-refractivity contribution in [1.82, 2.24) is 0 Å². The lowest BCUT2D eigenvalue weighted by atomic mass is 9.94. The maximum Gasteiger partial charge on any atom is 0.130 e. The average Bonchev–Trinajstić information content (AvgIpc) is 2.47. The van der Waals surface area contributed by atoms with Crippen LogP contribution in [-0.4, -0.2) is 12.2 Å². The summed E-state index contributed by atoms with van der Waals surface area (Å²) in [6.45, 7) is 0. The van der Waals surface area contributed by atoms with Crippen LogP contribution in [0.15, 0.2) is 42.5 Å². The van der Waals surface area contributed by atoms with Gasteiger partial charge >= 0.3 is 0 Å². The van der Waals surface area contributed by atoms with Crippen LogP contribution in [-0.2, 0) is 0 Å². The van der Waals surface area contributed by atoms with Crippen molar-refractivity contribution in [3.63, 3.8) is 0 Å². The normalized spacial score (nSPS) is 20.9. The van der Waals surface area contributed by atoms with Crippen molar-refractivity contribution in [2.45, 2.75) is 18.6 Å². The number of fused-ring (bicyclic) bond motifs is 1. The van der Waals surface area contributed by atoms with E-state index in [-0.39, 0.29) is 5.82 Å². The van der Waals surface area contributed by atoms with Crippen LogP contribution >= 0.6 is 0 Å². The first-order chi connectivity index (χ1) is 9.69. The molecule has 2 aromatic rings. The average molecular weight is 274 g/mol. The summed E-state index contributed by atoms with van der Waals surface area (Å²) in [5.41, 5.74) is 1.14. The van der Waals surface area contributed by atoms with Gasteiger partial charge in [0.1, 0.15) is 23.4 Å². The molecule has 0 aromatic heterocycles. The van der Waals surface area contributed by atoms with Gasteiger partial charge in [-0.2, -0.15) is 0 Å². The minimum Gasteiger partial charge on any atom is -0.497 e. The molecule has 20 heavy (non-hydrogen) atoms. The highest BCUT2D eigenvalue weighted by molar-refractivity contribution is 5.43. The summed E-state index contributed by atoms with van der Waals surface area (Å²) in [6, 6.07) is 11.7. The highest BCUT2D eigenvalue weighted by Gasteiger charge is 2.29. The maximum atomic E-state index is 13.8. The smallest absolute Gasteiger partial charge is 0.130 e. The summed E-state index contributed by atoms with van der Waals surface area (Å²) in [4.78, 5) is 0. The van der Waals surface area contributed by atoms with Gasteiger partial charge < -0.3 is 14.6 Å². The van der Waals surface area contributed by atoms with E-state index < -0.39 is 12.2 Å². The molecule has 2 aromatic carbocycles. The third-order valence-corrected chi connectivity index (χ3v) is 3.53. The Balaban J connectivity index is 1.95. The van der Waals surface area contributed by atoms with E-state index in [4.69, 9.17) is 9.47 Å². The van der Waals surface area contributed by atoms with E-state index in [9.17, 15) is 9.50 Å². The fraction of sp³-hybridized carbons (Fsp3) is 0.250. The van der Waals surface area contributed by atoms with Crippen molar-refractivity contribution in [1.29, 1.82) is 0 Å². The van der Waals surface area contributed by atoms with E-state index >= 15 is 0 Å². The summed E-state index contributed by atoms with van der Waals surface area (Å²) in [5.74, 6) is 0.912. The first kappa shape index (κ1) is 12.9. The Morgan fingerprint density at radius 1 is 1.20 bits per heavy atom. The van der Waals surface area contributed by atoms with Gasteiger partial charge in [-0.3, -0.25) is 0 Å². The molecule has 0 saturated carbocycles. The predicted octanol–water partition coefficient (Wildman–Crippen LogP) is 3.39. The molecule has 0 saturated heterocycles. The largest absolute Gasteiger partial charge is 0.497 e. The second-order valence-electron chi connectivity index (χ2n) is 4.78. The van der Waals surface area contributed by atoms with Crippen molar-refractivity contribution in [2.24, 2.45) is 0 Å². The summed E-state index contributed by atoms with van der Waals surface area (Å²) in [5, 5.41) is 10.2. The van der Waals surface area contributed by atoms with Gasteiger partial charge in [0.25, 0.3) is 0 Å². The number of aliphatic hydroxyl groups is 1. The molecule has 1 heterocycles. The molecule has 0 aliphatic carbocycles. The zero-order chi connectivity index (χ0) is 14.1. The number of benzene rings is 2. The number of hydrogen-bond acceptors (Lipinski definition) is 3. The standard InChI is InChI=1S/C16H15FO3/c1-19-10-6-7-15-12(8-10)14(18)9-16(20-15)11-4-2-3-5-13(11)17/h2-8,14,16,18H,9H2,1H3/t14-,16?/m0/s1. The monoisotopic (exact) mass is 274 g/mol. The lowest BCUT2D eigenvalue weighted by Crippen LogP contribution is -2.20. The molecule has 1 N–H and O–H groups in total. The Morgan fingerprint density at radius 2 is 2.00 bits per heavy atom. The predicted molar refractivity (Wildman–Crippen MR) is 72.3 cm³/mol. The Bertz CT molecular complexity index is 627. The number of methoxy groups -OCH3 is 1. The van der Waals surface area contributed by atoms with E-state index in [1.165, 1.54) is 6.07 Å².